The van der Waals surface area contributed by atoms with Crippen molar-refractivity contribution < 1.29 is 4.52 Å². The van der Waals surface area contributed by atoms with E-state index in [0.717, 1.165) is 30.4 Å². The van der Waals surface area contributed by atoms with Gasteiger partial charge in [-0.1, -0.05) is 29.8 Å². The Labute approximate surface area is 113 Å². The number of benzene rings is 1. The SMILES string of the molecule is Cc1ccc(NCCc2nc(C3(C)CC3)no2)cc1. The first-order valence-electron chi connectivity index (χ1n) is 6.79. The van der Waals surface area contributed by atoms with Gasteiger partial charge in [-0.25, -0.2) is 0 Å². The van der Waals surface area contributed by atoms with E-state index in [1.807, 2.05) is 0 Å². The fraction of sp³-hybridized carbons (Fsp3) is 0.467. The lowest BCUT2D eigenvalue weighted by Crippen LogP contribution is -2.06. The fourth-order valence-electron chi connectivity index (χ4n) is 2.00. The zero-order valence-electron chi connectivity index (χ0n) is 11.4. The molecule has 1 aromatic carbocycles. The predicted molar refractivity (Wildman–Crippen MR) is 74.3 cm³/mol. The molecule has 1 aliphatic rings. The van der Waals surface area contributed by atoms with Crippen molar-refractivity contribution in [2.75, 3.05) is 11.9 Å². The summed E-state index contributed by atoms with van der Waals surface area (Å²) in [6, 6.07) is 8.36. The lowest BCUT2D eigenvalue weighted by molar-refractivity contribution is 0.371. The van der Waals surface area contributed by atoms with Gasteiger partial charge in [0.05, 0.1) is 0 Å². The maximum atomic E-state index is 5.29. The van der Waals surface area contributed by atoms with Gasteiger partial charge in [0.2, 0.25) is 5.89 Å². The number of hydrogen-bond acceptors (Lipinski definition) is 4. The minimum absolute atomic E-state index is 0.187. The molecule has 0 saturated heterocycles. The van der Waals surface area contributed by atoms with E-state index in [2.05, 4.69) is 53.6 Å². The zero-order valence-corrected chi connectivity index (χ0v) is 11.4. The van der Waals surface area contributed by atoms with E-state index in [1.165, 1.54) is 18.4 Å². The number of nitrogens with one attached hydrogen (secondary N) is 1. The van der Waals surface area contributed by atoms with E-state index in [4.69, 9.17) is 4.52 Å². The Bertz CT molecular complexity index is 555. The Morgan fingerprint density at radius 1 is 1.26 bits per heavy atom. The monoisotopic (exact) mass is 257 g/mol. The van der Waals surface area contributed by atoms with Gasteiger partial charge < -0.3 is 9.84 Å². The molecule has 0 bridgehead atoms. The van der Waals surface area contributed by atoms with Crippen LogP contribution in [0.15, 0.2) is 28.8 Å². The lowest BCUT2D eigenvalue weighted by atomic mass is 10.1. The highest BCUT2D eigenvalue weighted by molar-refractivity contribution is 5.44. The number of rotatable bonds is 5. The third-order valence-electron chi connectivity index (χ3n) is 3.73. The van der Waals surface area contributed by atoms with Crippen LogP contribution in [-0.2, 0) is 11.8 Å². The molecule has 1 aromatic heterocycles. The van der Waals surface area contributed by atoms with Gasteiger partial charge >= 0.3 is 0 Å². The van der Waals surface area contributed by atoms with Crippen molar-refractivity contribution >= 4 is 5.69 Å². The van der Waals surface area contributed by atoms with Crippen LogP contribution in [0.4, 0.5) is 5.69 Å². The minimum Gasteiger partial charge on any atom is -0.385 e. The van der Waals surface area contributed by atoms with Crippen molar-refractivity contribution in [3.8, 4) is 0 Å². The second kappa shape index (κ2) is 4.68. The Hall–Kier alpha value is -1.84. The molecule has 4 heteroatoms. The van der Waals surface area contributed by atoms with E-state index in [9.17, 15) is 0 Å². The van der Waals surface area contributed by atoms with Crippen molar-refractivity contribution in [3.63, 3.8) is 0 Å². The zero-order chi connectivity index (χ0) is 13.3. The number of aromatic nitrogens is 2. The molecule has 19 heavy (non-hydrogen) atoms. The average Bonchev–Trinajstić information content (AvgIpc) is 2.98. The predicted octanol–water partition coefficient (Wildman–Crippen LogP) is 3.08. The van der Waals surface area contributed by atoms with Crippen molar-refractivity contribution in [1.82, 2.24) is 10.1 Å². The topological polar surface area (TPSA) is 51.0 Å². The Kier molecular flexibility index (Phi) is 3.01. The van der Waals surface area contributed by atoms with Crippen LogP contribution in [-0.4, -0.2) is 16.7 Å². The number of nitrogens with zero attached hydrogens (tertiary/aromatic N) is 2. The summed E-state index contributed by atoms with van der Waals surface area (Å²) >= 11 is 0. The molecule has 1 saturated carbocycles. The normalized spacial score (nSPS) is 16.3. The summed E-state index contributed by atoms with van der Waals surface area (Å²) in [5.41, 5.74) is 2.58. The Morgan fingerprint density at radius 2 is 2.00 bits per heavy atom. The van der Waals surface area contributed by atoms with Gasteiger partial charge in [-0.2, -0.15) is 4.98 Å². The van der Waals surface area contributed by atoms with Crippen LogP contribution in [0.5, 0.6) is 0 Å². The van der Waals surface area contributed by atoms with Gasteiger partial charge in [0.15, 0.2) is 5.82 Å². The molecule has 0 radical (unpaired) electrons. The summed E-state index contributed by atoms with van der Waals surface area (Å²) in [4.78, 5) is 4.47. The molecule has 3 rings (SSSR count). The highest BCUT2D eigenvalue weighted by atomic mass is 16.5. The molecule has 1 heterocycles. The maximum Gasteiger partial charge on any atom is 0.228 e. The first-order valence-corrected chi connectivity index (χ1v) is 6.79. The minimum atomic E-state index is 0.187. The molecule has 1 N–H and O–H groups in total. The molecule has 1 aliphatic carbocycles. The van der Waals surface area contributed by atoms with Crippen LogP contribution in [0.2, 0.25) is 0 Å². The third kappa shape index (κ3) is 2.78. The van der Waals surface area contributed by atoms with Crippen LogP contribution < -0.4 is 5.32 Å². The van der Waals surface area contributed by atoms with Crippen LogP contribution in [0.1, 0.15) is 37.0 Å². The second-order valence-electron chi connectivity index (χ2n) is 5.62. The molecule has 4 nitrogen and oxygen atoms in total. The third-order valence-corrected chi connectivity index (χ3v) is 3.73. The van der Waals surface area contributed by atoms with E-state index in [1.54, 1.807) is 0 Å². The maximum absolute atomic E-state index is 5.29. The van der Waals surface area contributed by atoms with Gasteiger partial charge in [-0.15, -0.1) is 0 Å². The van der Waals surface area contributed by atoms with E-state index < -0.39 is 0 Å². The van der Waals surface area contributed by atoms with Crippen LogP contribution in [0.3, 0.4) is 0 Å². The van der Waals surface area contributed by atoms with Crippen molar-refractivity contribution in [2.45, 2.75) is 38.5 Å². The number of hydrogen-bond donors (Lipinski definition) is 1. The quantitative estimate of drug-likeness (QED) is 0.894. The summed E-state index contributed by atoms with van der Waals surface area (Å²) in [6.07, 6.45) is 3.11. The molecule has 2 aromatic rings. The van der Waals surface area contributed by atoms with Crippen LogP contribution in [0, 0.1) is 6.92 Å². The lowest BCUT2D eigenvalue weighted by Gasteiger charge is -2.04. The summed E-state index contributed by atoms with van der Waals surface area (Å²) in [6.45, 7) is 5.08. The molecular weight excluding hydrogens is 238 g/mol. The van der Waals surface area contributed by atoms with Gasteiger partial charge in [-0.05, 0) is 31.9 Å². The van der Waals surface area contributed by atoms with Crippen molar-refractivity contribution in [3.05, 3.63) is 41.5 Å². The number of aryl methyl sites for hydroxylation is 1. The molecule has 0 aliphatic heterocycles. The Balaban J connectivity index is 1.52. The largest absolute Gasteiger partial charge is 0.385 e. The molecular formula is C15H19N3O. The first-order chi connectivity index (χ1) is 9.16. The molecule has 0 unspecified atom stereocenters. The highest BCUT2D eigenvalue weighted by Crippen LogP contribution is 2.45. The number of anilines is 1. The molecule has 0 amide bonds. The van der Waals surface area contributed by atoms with Crippen molar-refractivity contribution in [2.24, 2.45) is 0 Å². The van der Waals surface area contributed by atoms with E-state index in [-0.39, 0.29) is 5.41 Å². The standard InChI is InChI=1S/C15H19N3O/c1-11-3-5-12(6-4-11)16-10-7-13-17-14(18-19-13)15(2)8-9-15/h3-6,16H,7-10H2,1-2H3. The Morgan fingerprint density at radius 3 is 2.68 bits per heavy atom. The molecule has 0 spiro atoms. The van der Waals surface area contributed by atoms with Crippen LogP contribution >= 0.6 is 0 Å². The summed E-state index contributed by atoms with van der Waals surface area (Å²) in [5, 5.41) is 7.43. The van der Waals surface area contributed by atoms with Gasteiger partial charge in [0.1, 0.15) is 0 Å². The van der Waals surface area contributed by atoms with E-state index >= 15 is 0 Å². The van der Waals surface area contributed by atoms with Crippen LogP contribution in [0.25, 0.3) is 0 Å². The second-order valence-corrected chi connectivity index (χ2v) is 5.62. The van der Waals surface area contributed by atoms with E-state index in [0.29, 0.717) is 0 Å². The summed E-state index contributed by atoms with van der Waals surface area (Å²) in [5.74, 6) is 1.60. The first kappa shape index (κ1) is 12.2. The van der Waals surface area contributed by atoms with Gasteiger partial charge in [0.25, 0.3) is 0 Å². The van der Waals surface area contributed by atoms with Crippen molar-refractivity contribution in [1.29, 1.82) is 0 Å². The highest BCUT2D eigenvalue weighted by Gasteiger charge is 2.43. The average molecular weight is 257 g/mol. The molecule has 0 atom stereocenters. The summed E-state index contributed by atoms with van der Waals surface area (Å²) in [7, 11) is 0. The molecule has 100 valence electrons. The molecule has 1 fully saturated rings. The summed E-state index contributed by atoms with van der Waals surface area (Å²) < 4.78 is 5.29. The fourth-order valence-corrected chi connectivity index (χ4v) is 2.00. The smallest absolute Gasteiger partial charge is 0.228 e. The van der Waals surface area contributed by atoms with Gasteiger partial charge in [0, 0.05) is 24.1 Å². The van der Waals surface area contributed by atoms with Gasteiger partial charge in [-0.3, -0.25) is 0 Å².